The van der Waals surface area contributed by atoms with Crippen LogP contribution < -0.4 is 15.0 Å². The van der Waals surface area contributed by atoms with Gasteiger partial charge in [-0.1, -0.05) is 42.5 Å². The van der Waals surface area contributed by atoms with Crippen molar-refractivity contribution in [3.63, 3.8) is 0 Å². The molecule has 0 atom stereocenters. The van der Waals surface area contributed by atoms with Crippen LogP contribution in [-0.2, 0) is 13.0 Å². The first-order valence-corrected chi connectivity index (χ1v) is 10.1. The molecule has 0 spiro atoms. The summed E-state index contributed by atoms with van der Waals surface area (Å²) in [5, 5.41) is 3.38. The number of methoxy groups -OCH3 is 1. The van der Waals surface area contributed by atoms with Crippen LogP contribution in [0.5, 0.6) is 5.75 Å². The number of aromatic nitrogens is 2. The summed E-state index contributed by atoms with van der Waals surface area (Å²) in [6.07, 6.45) is 0.897. The van der Waals surface area contributed by atoms with Crippen LogP contribution in [0.4, 0.5) is 11.8 Å². The molecule has 0 radical (unpaired) electrons. The minimum Gasteiger partial charge on any atom is -0.497 e. The van der Waals surface area contributed by atoms with Crippen molar-refractivity contribution < 1.29 is 4.74 Å². The SMILES string of the molecule is COc1ccc(CCNc2nc(C)cc(N(Cc3ccccc3)C(C)C)n2)cc1. The average Bonchev–Trinajstić information content (AvgIpc) is 2.72. The van der Waals surface area contributed by atoms with E-state index in [-0.39, 0.29) is 0 Å². The number of rotatable bonds is 9. The van der Waals surface area contributed by atoms with Gasteiger partial charge in [-0.2, -0.15) is 4.98 Å². The lowest BCUT2D eigenvalue weighted by Gasteiger charge is -2.28. The Morgan fingerprint density at radius 3 is 2.34 bits per heavy atom. The third-order valence-electron chi connectivity index (χ3n) is 4.81. The van der Waals surface area contributed by atoms with E-state index in [0.717, 1.165) is 36.8 Å². The molecule has 0 bridgehead atoms. The third kappa shape index (κ3) is 5.95. The fourth-order valence-electron chi connectivity index (χ4n) is 3.20. The van der Waals surface area contributed by atoms with Crippen molar-refractivity contribution in [1.29, 1.82) is 0 Å². The van der Waals surface area contributed by atoms with Gasteiger partial charge in [0.15, 0.2) is 0 Å². The Bertz CT molecular complexity index is 895. The van der Waals surface area contributed by atoms with Crippen molar-refractivity contribution in [2.24, 2.45) is 0 Å². The molecule has 1 heterocycles. The van der Waals surface area contributed by atoms with Gasteiger partial charge in [0.05, 0.1) is 7.11 Å². The van der Waals surface area contributed by atoms with E-state index in [1.807, 2.05) is 25.1 Å². The lowest BCUT2D eigenvalue weighted by atomic mass is 10.1. The highest BCUT2D eigenvalue weighted by Gasteiger charge is 2.14. The van der Waals surface area contributed by atoms with Gasteiger partial charge in [-0.15, -0.1) is 0 Å². The van der Waals surface area contributed by atoms with Gasteiger partial charge < -0.3 is 15.0 Å². The zero-order chi connectivity index (χ0) is 20.6. The smallest absolute Gasteiger partial charge is 0.224 e. The Kier molecular flexibility index (Phi) is 7.06. The molecule has 29 heavy (non-hydrogen) atoms. The zero-order valence-corrected chi connectivity index (χ0v) is 17.7. The summed E-state index contributed by atoms with van der Waals surface area (Å²) in [5.41, 5.74) is 3.48. The molecule has 3 aromatic rings. The molecule has 0 fully saturated rings. The van der Waals surface area contributed by atoms with E-state index in [2.05, 4.69) is 71.5 Å². The fourth-order valence-corrected chi connectivity index (χ4v) is 3.20. The monoisotopic (exact) mass is 390 g/mol. The van der Waals surface area contributed by atoms with Gasteiger partial charge in [0.25, 0.3) is 0 Å². The van der Waals surface area contributed by atoms with Crippen molar-refractivity contribution >= 4 is 11.8 Å². The molecule has 0 saturated heterocycles. The van der Waals surface area contributed by atoms with Crippen LogP contribution in [0.2, 0.25) is 0 Å². The first kappa shape index (κ1) is 20.6. The summed E-state index contributed by atoms with van der Waals surface area (Å²) in [4.78, 5) is 11.7. The van der Waals surface area contributed by atoms with E-state index >= 15 is 0 Å². The molecular weight excluding hydrogens is 360 g/mol. The average molecular weight is 391 g/mol. The van der Waals surface area contributed by atoms with E-state index in [0.29, 0.717) is 12.0 Å². The largest absolute Gasteiger partial charge is 0.497 e. The normalized spacial score (nSPS) is 10.8. The number of ether oxygens (including phenoxy) is 1. The standard InChI is InChI=1S/C24H30N4O/c1-18(2)28(17-21-8-6-5-7-9-21)23-16-19(3)26-24(27-23)25-15-14-20-10-12-22(29-4)13-11-20/h5-13,16,18H,14-15,17H2,1-4H3,(H,25,26,27). The molecule has 0 aliphatic carbocycles. The summed E-state index contributed by atoms with van der Waals surface area (Å²) < 4.78 is 5.21. The van der Waals surface area contributed by atoms with E-state index in [9.17, 15) is 0 Å². The van der Waals surface area contributed by atoms with Gasteiger partial charge in [-0.25, -0.2) is 4.98 Å². The minimum atomic E-state index is 0.330. The van der Waals surface area contributed by atoms with E-state index in [1.165, 1.54) is 11.1 Å². The topological polar surface area (TPSA) is 50.3 Å². The number of nitrogens with zero attached hydrogens (tertiary/aromatic N) is 3. The number of hydrogen-bond acceptors (Lipinski definition) is 5. The lowest BCUT2D eigenvalue weighted by molar-refractivity contribution is 0.414. The summed E-state index contributed by atoms with van der Waals surface area (Å²) in [6.45, 7) is 7.99. The van der Waals surface area contributed by atoms with Gasteiger partial charge in [-0.3, -0.25) is 0 Å². The highest BCUT2D eigenvalue weighted by molar-refractivity contribution is 5.46. The van der Waals surface area contributed by atoms with Crippen molar-refractivity contribution in [3.05, 3.63) is 77.5 Å². The molecule has 0 amide bonds. The number of benzene rings is 2. The van der Waals surface area contributed by atoms with Gasteiger partial charge >= 0.3 is 0 Å². The highest BCUT2D eigenvalue weighted by atomic mass is 16.5. The quantitative estimate of drug-likeness (QED) is 0.565. The molecule has 3 rings (SSSR count). The number of nitrogens with one attached hydrogen (secondary N) is 1. The lowest BCUT2D eigenvalue weighted by Crippen LogP contribution is -2.31. The first-order chi connectivity index (χ1) is 14.0. The molecule has 5 nitrogen and oxygen atoms in total. The number of aryl methyl sites for hydroxylation is 1. The predicted molar refractivity (Wildman–Crippen MR) is 120 cm³/mol. The zero-order valence-electron chi connectivity index (χ0n) is 17.7. The third-order valence-corrected chi connectivity index (χ3v) is 4.81. The van der Waals surface area contributed by atoms with Crippen LogP contribution in [-0.4, -0.2) is 29.7 Å². The minimum absolute atomic E-state index is 0.330. The maximum absolute atomic E-state index is 5.21. The second kappa shape index (κ2) is 9.92. The van der Waals surface area contributed by atoms with Crippen LogP contribution in [0.15, 0.2) is 60.7 Å². The van der Waals surface area contributed by atoms with Crippen molar-refractivity contribution in [2.75, 3.05) is 23.9 Å². The number of hydrogen-bond donors (Lipinski definition) is 1. The summed E-state index contributed by atoms with van der Waals surface area (Å²) >= 11 is 0. The Hall–Kier alpha value is -3.08. The summed E-state index contributed by atoms with van der Waals surface area (Å²) in [6, 6.07) is 21.0. The second-order valence-corrected chi connectivity index (χ2v) is 7.42. The molecular formula is C24H30N4O. The van der Waals surface area contributed by atoms with Crippen LogP contribution in [0.3, 0.4) is 0 Å². The highest BCUT2D eigenvalue weighted by Crippen LogP contribution is 2.20. The van der Waals surface area contributed by atoms with Crippen LogP contribution in [0, 0.1) is 6.92 Å². The fraction of sp³-hybridized carbons (Fsp3) is 0.333. The maximum atomic E-state index is 5.21. The van der Waals surface area contributed by atoms with Crippen molar-refractivity contribution in [2.45, 2.75) is 39.8 Å². The van der Waals surface area contributed by atoms with E-state index in [1.54, 1.807) is 7.11 Å². The Balaban J connectivity index is 1.68. The van der Waals surface area contributed by atoms with Crippen LogP contribution in [0.1, 0.15) is 30.7 Å². The molecule has 0 unspecified atom stereocenters. The Morgan fingerprint density at radius 2 is 1.69 bits per heavy atom. The van der Waals surface area contributed by atoms with Crippen molar-refractivity contribution in [1.82, 2.24) is 9.97 Å². The van der Waals surface area contributed by atoms with Gasteiger partial charge in [0.1, 0.15) is 11.6 Å². The molecule has 1 N–H and O–H groups in total. The van der Waals surface area contributed by atoms with Gasteiger partial charge in [-0.05, 0) is 50.5 Å². The summed E-state index contributed by atoms with van der Waals surface area (Å²) in [5.74, 6) is 2.50. The van der Waals surface area contributed by atoms with E-state index in [4.69, 9.17) is 9.72 Å². The first-order valence-electron chi connectivity index (χ1n) is 10.1. The number of anilines is 2. The molecule has 0 aliphatic rings. The van der Waals surface area contributed by atoms with Crippen LogP contribution in [0.25, 0.3) is 0 Å². The van der Waals surface area contributed by atoms with E-state index < -0.39 is 0 Å². The molecule has 2 aromatic carbocycles. The van der Waals surface area contributed by atoms with Crippen molar-refractivity contribution in [3.8, 4) is 5.75 Å². The molecule has 5 heteroatoms. The maximum Gasteiger partial charge on any atom is 0.224 e. The van der Waals surface area contributed by atoms with Crippen LogP contribution >= 0.6 is 0 Å². The van der Waals surface area contributed by atoms with Gasteiger partial charge in [0.2, 0.25) is 5.95 Å². The molecule has 0 saturated carbocycles. The molecule has 1 aromatic heterocycles. The predicted octanol–water partition coefficient (Wildman–Crippen LogP) is 4.86. The van der Waals surface area contributed by atoms with Gasteiger partial charge in [0, 0.05) is 30.9 Å². The second-order valence-electron chi connectivity index (χ2n) is 7.42. The molecule has 0 aliphatic heterocycles. The Morgan fingerprint density at radius 1 is 0.966 bits per heavy atom. The summed E-state index contributed by atoms with van der Waals surface area (Å²) in [7, 11) is 1.68. The Labute approximate surface area is 173 Å². The molecule has 152 valence electrons.